The standard InChI is InChI=1S/C15H10ClF3N6O/c16-12-4-13(21-8-20-12)24-14(26)11-3-1-2-10(23-11)9-5-22-25(6-9)7-15(17,18)19/h1-6,8H,7H2,(H,20,21,24,26). The fourth-order valence-corrected chi connectivity index (χ4v) is 2.22. The first-order chi connectivity index (χ1) is 12.3. The summed E-state index contributed by atoms with van der Waals surface area (Å²) in [6, 6.07) is 5.95. The summed E-state index contributed by atoms with van der Waals surface area (Å²) >= 11 is 5.72. The van der Waals surface area contributed by atoms with Crippen LogP contribution in [0.4, 0.5) is 19.0 Å². The molecule has 0 aliphatic heterocycles. The molecule has 1 amide bonds. The molecule has 7 nitrogen and oxygen atoms in total. The lowest BCUT2D eigenvalue weighted by molar-refractivity contribution is -0.142. The smallest absolute Gasteiger partial charge is 0.305 e. The first-order valence-electron chi connectivity index (χ1n) is 7.16. The molecule has 0 fully saturated rings. The number of amides is 1. The minimum Gasteiger partial charge on any atom is -0.305 e. The zero-order valence-corrected chi connectivity index (χ0v) is 13.7. The predicted octanol–water partition coefficient (Wildman–Crippen LogP) is 3.20. The van der Waals surface area contributed by atoms with E-state index in [4.69, 9.17) is 11.6 Å². The summed E-state index contributed by atoms with van der Waals surface area (Å²) in [5.41, 5.74) is 0.724. The number of nitrogens with zero attached hydrogens (tertiary/aromatic N) is 5. The van der Waals surface area contributed by atoms with Crippen LogP contribution < -0.4 is 5.32 Å². The molecule has 3 heterocycles. The first-order valence-corrected chi connectivity index (χ1v) is 7.53. The fourth-order valence-electron chi connectivity index (χ4n) is 2.07. The number of carbonyl (C=O) groups is 1. The Morgan fingerprint density at radius 3 is 2.81 bits per heavy atom. The molecule has 134 valence electrons. The fraction of sp³-hybridized carbons (Fsp3) is 0.133. The third kappa shape index (κ3) is 4.54. The molecule has 26 heavy (non-hydrogen) atoms. The number of anilines is 1. The van der Waals surface area contributed by atoms with E-state index in [0.29, 0.717) is 11.3 Å². The van der Waals surface area contributed by atoms with Gasteiger partial charge >= 0.3 is 6.18 Å². The maximum Gasteiger partial charge on any atom is 0.408 e. The number of hydrogen-bond donors (Lipinski definition) is 1. The monoisotopic (exact) mass is 382 g/mol. The number of aromatic nitrogens is 5. The molecule has 0 aliphatic rings. The van der Waals surface area contributed by atoms with Gasteiger partial charge in [0.25, 0.3) is 5.91 Å². The molecule has 3 rings (SSSR count). The van der Waals surface area contributed by atoms with Crippen LogP contribution in [0.5, 0.6) is 0 Å². The van der Waals surface area contributed by atoms with Crippen molar-refractivity contribution in [2.75, 3.05) is 5.32 Å². The molecule has 0 bridgehead atoms. The first kappa shape index (κ1) is 17.8. The van der Waals surface area contributed by atoms with Crippen molar-refractivity contribution in [1.29, 1.82) is 0 Å². The summed E-state index contributed by atoms with van der Waals surface area (Å²) in [4.78, 5) is 24.0. The molecule has 0 aliphatic carbocycles. The number of pyridine rings is 1. The number of alkyl halides is 3. The summed E-state index contributed by atoms with van der Waals surface area (Å²) in [5.74, 6) is -0.357. The summed E-state index contributed by atoms with van der Waals surface area (Å²) in [6.45, 7) is -1.21. The molecule has 0 atom stereocenters. The van der Waals surface area contributed by atoms with Gasteiger partial charge in [-0.25, -0.2) is 15.0 Å². The number of carbonyl (C=O) groups excluding carboxylic acids is 1. The Bertz CT molecular complexity index is 943. The van der Waals surface area contributed by atoms with E-state index in [1.54, 1.807) is 12.1 Å². The van der Waals surface area contributed by atoms with Crippen LogP contribution in [0.15, 0.2) is 43.0 Å². The van der Waals surface area contributed by atoms with Gasteiger partial charge in [0.2, 0.25) is 0 Å². The van der Waals surface area contributed by atoms with Crippen LogP contribution in [0.1, 0.15) is 10.5 Å². The number of rotatable bonds is 4. The SMILES string of the molecule is O=C(Nc1cc(Cl)ncn1)c1cccc(-c2cnn(CC(F)(F)F)c2)n1. The third-order valence-electron chi connectivity index (χ3n) is 3.13. The van der Waals surface area contributed by atoms with E-state index in [0.717, 1.165) is 4.68 Å². The lowest BCUT2D eigenvalue weighted by Crippen LogP contribution is -2.17. The summed E-state index contributed by atoms with van der Waals surface area (Å²) < 4.78 is 38.0. The number of nitrogens with one attached hydrogen (secondary N) is 1. The largest absolute Gasteiger partial charge is 0.408 e. The van der Waals surface area contributed by atoms with Crippen molar-refractivity contribution in [1.82, 2.24) is 24.7 Å². The second-order valence-electron chi connectivity index (χ2n) is 5.13. The summed E-state index contributed by atoms with van der Waals surface area (Å²) in [7, 11) is 0. The highest BCUT2D eigenvalue weighted by molar-refractivity contribution is 6.29. The molecule has 3 aromatic heterocycles. The van der Waals surface area contributed by atoms with E-state index in [-0.39, 0.29) is 16.7 Å². The Kier molecular flexibility index (Phi) is 4.85. The summed E-state index contributed by atoms with van der Waals surface area (Å²) in [5, 5.41) is 6.32. The molecule has 0 unspecified atom stereocenters. The molecular formula is C15H10ClF3N6O. The quantitative estimate of drug-likeness (QED) is 0.700. The maximum atomic E-state index is 12.4. The second-order valence-corrected chi connectivity index (χ2v) is 5.52. The Balaban J connectivity index is 1.79. The maximum absolute atomic E-state index is 12.4. The van der Waals surface area contributed by atoms with Gasteiger partial charge in [0.15, 0.2) is 0 Å². The zero-order valence-electron chi connectivity index (χ0n) is 12.9. The van der Waals surface area contributed by atoms with Crippen LogP contribution in [0.25, 0.3) is 11.3 Å². The molecule has 1 N–H and O–H groups in total. The van der Waals surface area contributed by atoms with Gasteiger partial charge in [-0.3, -0.25) is 9.48 Å². The van der Waals surface area contributed by atoms with Crippen molar-refractivity contribution in [2.45, 2.75) is 12.7 Å². The van der Waals surface area contributed by atoms with Gasteiger partial charge < -0.3 is 5.32 Å². The van der Waals surface area contributed by atoms with Gasteiger partial charge in [-0.15, -0.1) is 0 Å². The van der Waals surface area contributed by atoms with Crippen molar-refractivity contribution < 1.29 is 18.0 Å². The molecule has 11 heteroatoms. The third-order valence-corrected chi connectivity index (χ3v) is 3.33. The highest BCUT2D eigenvalue weighted by Crippen LogP contribution is 2.21. The lowest BCUT2D eigenvalue weighted by atomic mass is 10.2. The van der Waals surface area contributed by atoms with Crippen molar-refractivity contribution >= 4 is 23.3 Å². The normalized spacial score (nSPS) is 11.4. The number of halogens is 4. The van der Waals surface area contributed by atoms with E-state index in [1.807, 2.05) is 0 Å². The van der Waals surface area contributed by atoms with Crippen LogP contribution in [0, 0.1) is 0 Å². The van der Waals surface area contributed by atoms with Crippen LogP contribution in [0.2, 0.25) is 5.15 Å². The van der Waals surface area contributed by atoms with Gasteiger partial charge in [-0.2, -0.15) is 18.3 Å². The van der Waals surface area contributed by atoms with Gasteiger partial charge in [0, 0.05) is 17.8 Å². The van der Waals surface area contributed by atoms with Gasteiger partial charge in [0.1, 0.15) is 29.5 Å². The van der Waals surface area contributed by atoms with Gasteiger partial charge in [0.05, 0.1) is 11.9 Å². The molecule has 0 saturated carbocycles. The van der Waals surface area contributed by atoms with E-state index in [2.05, 4.69) is 25.4 Å². The van der Waals surface area contributed by atoms with Gasteiger partial charge in [-0.1, -0.05) is 17.7 Å². The van der Waals surface area contributed by atoms with Crippen LogP contribution in [-0.2, 0) is 6.54 Å². The predicted molar refractivity (Wildman–Crippen MR) is 86.5 cm³/mol. The topological polar surface area (TPSA) is 85.6 Å². The Morgan fingerprint density at radius 2 is 2.08 bits per heavy atom. The van der Waals surface area contributed by atoms with Gasteiger partial charge in [-0.05, 0) is 12.1 Å². The lowest BCUT2D eigenvalue weighted by Gasteiger charge is -2.06. The Morgan fingerprint density at radius 1 is 1.27 bits per heavy atom. The molecule has 3 aromatic rings. The average molecular weight is 383 g/mol. The molecule has 0 spiro atoms. The molecule has 0 aromatic carbocycles. The molecule has 0 radical (unpaired) electrons. The van der Waals surface area contributed by atoms with Crippen LogP contribution in [0.3, 0.4) is 0 Å². The highest BCUT2D eigenvalue weighted by atomic mass is 35.5. The van der Waals surface area contributed by atoms with E-state index in [1.165, 1.54) is 30.9 Å². The van der Waals surface area contributed by atoms with E-state index >= 15 is 0 Å². The van der Waals surface area contributed by atoms with E-state index < -0.39 is 18.6 Å². The number of hydrogen-bond acceptors (Lipinski definition) is 5. The van der Waals surface area contributed by atoms with Crippen LogP contribution in [-0.4, -0.2) is 36.8 Å². The van der Waals surface area contributed by atoms with Crippen LogP contribution >= 0.6 is 11.6 Å². The minimum absolute atomic E-state index is 0.0563. The summed E-state index contributed by atoms with van der Waals surface area (Å²) in [6.07, 6.45) is -0.726. The van der Waals surface area contributed by atoms with Crippen molar-refractivity contribution in [2.24, 2.45) is 0 Å². The minimum atomic E-state index is -4.38. The molecular weight excluding hydrogens is 373 g/mol. The highest BCUT2D eigenvalue weighted by Gasteiger charge is 2.28. The van der Waals surface area contributed by atoms with E-state index in [9.17, 15) is 18.0 Å². The molecule has 0 saturated heterocycles. The Labute approximate surface area is 149 Å². The average Bonchev–Trinajstić information content (AvgIpc) is 3.01. The van der Waals surface area contributed by atoms with Crippen molar-refractivity contribution in [3.63, 3.8) is 0 Å². The van der Waals surface area contributed by atoms with Crippen molar-refractivity contribution in [3.8, 4) is 11.3 Å². The Hall–Kier alpha value is -3.01. The van der Waals surface area contributed by atoms with Crippen molar-refractivity contribution in [3.05, 3.63) is 53.8 Å². The zero-order chi connectivity index (χ0) is 18.7. The second kappa shape index (κ2) is 7.08.